The summed E-state index contributed by atoms with van der Waals surface area (Å²) in [5, 5.41) is 7.77. The minimum atomic E-state index is -4.67. The molecule has 0 radical (unpaired) electrons. The third-order valence-corrected chi connectivity index (χ3v) is 7.48. The number of carbonyl (C=O) groups excluding carboxylic acids is 3. The Balaban J connectivity index is 1.35. The molecule has 3 atom stereocenters. The van der Waals surface area contributed by atoms with E-state index in [9.17, 15) is 31.8 Å². The minimum Gasteiger partial charge on any atom is -0.443 e. The van der Waals surface area contributed by atoms with Gasteiger partial charge in [0.05, 0.1) is 16.1 Å². The summed E-state index contributed by atoms with van der Waals surface area (Å²) in [6.45, 7) is 5.87. The van der Waals surface area contributed by atoms with Gasteiger partial charge in [0.15, 0.2) is 0 Å². The smallest absolute Gasteiger partial charge is 0.417 e. The first-order chi connectivity index (χ1) is 18.6. The first-order valence-corrected chi connectivity index (χ1v) is 13.6. The molecule has 2 aromatic rings. The van der Waals surface area contributed by atoms with E-state index < -0.39 is 46.7 Å². The van der Waals surface area contributed by atoms with Gasteiger partial charge in [-0.25, -0.2) is 19.1 Å². The van der Waals surface area contributed by atoms with E-state index in [0.717, 1.165) is 6.07 Å². The SMILES string of the molecule is CC(C)(C)C(=O)Nc1cc(C(F)(F)F)cnc1COC(=O)N1CC2CN(C(=O)c3ccc(S(N)=O)cn3)C[C@H]2C1. The number of amides is 3. The van der Waals surface area contributed by atoms with E-state index in [-0.39, 0.29) is 34.8 Å². The standard InChI is InChI=1S/C25H29F3N6O5S/c1-24(2,3)22(36)32-19-6-16(25(26,27)28)7-30-20(19)13-39-23(37)34-11-14-9-33(10-15(14)12-34)21(35)18-5-4-17(8-31-18)40(29)38/h4-8,14-15H,9-13,29H2,1-3H3,(H,32,36)/t14-,15?,40?/m0/s1. The van der Waals surface area contributed by atoms with Crippen LogP contribution in [0.1, 0.15) is 42.5 Å². The maximum atomic E-state index is 13.2. The van der Waals surface area contributed by atoms with Gasteiger partial charge in [-0.05, 0) is 18.2 Å². The molecule has 2 aromatic heterocycles. The van der Waals surface area contributed by atoms with Crippen molar-refractivity contribution in [3.8, 4) is 0 Å². The van der Waals surface area contributed by atoms with Gasteiger partial charge in [-0.3, -0.25) is 14.6 Å². The molecule has 2 aliphatic heterocycles. The van der Waals surface area contributed by atoms with Crippen LogP contribution in [0.4, 0.5) is 23.7 Å². The van der Waals surface area contributed by atoms with Gasteiger partial charge in [0, 0.05) is 55.8 Å². The average molecular weight is 583 g/mol. The summed E-state index contributed by atoms with van der Waals surface area (Å²) in [5.74, 6) is -0.777. The number of fused-ring (bicyclic) bond motifs is 1. The van der Waals surface area contributed by atoms with Crippen molar-refractivity contribution in [2.24, 2.45) is 22.4 Å². The van der Waals surface area contributed by atoms with Crippen molar-refractivity contribution in [1.29, 1.82) is 0 Å². The molecule has 40 heavy (non-hydrogen) atoms. The number of nitrogens with zero attached hydrogens (tertiary/aromatic N) is 4. The fourth-order valence-electron chi connectivity index (χ4n) is 4.50. The van der Waals surface area contributed by atoms with Crippen LogP contribution in [0.15, 0.2) is 35.5 Å². The van der Waals surface area contributed by atoms with Crippen LogP contribution in [0, 0.1) is 17.3 Å². The topological polar surface area (TPSA) is 148 Å². The van der Waals surface area contributed by atoms with Crippen LogP contribution in [0.25, 0.3) is 0 Å². The van der Waals surface area contributed by atoms with Gasteiger partial charge < -0.3 is 19.9 Å². The quantitative estimate of drug-likeness (QED) is 0.551. The van der Waals surface area contributed by atoms with Crippen LogP contribution < -0.4 is 10.5 Å². The third-order valence-electron chi connectivity index (χ3n) is 6.78. The van der Waals surface area contributed by atoms with Crippen LogP contribution in [-0.2, 0) is 33.3 Å². The number of nitrogens with two attached hydrogens (primary N) is 1. The number of ether oxygens (including phenoxy) is 1. The summed E-state index contributed by atoms with van der Waals surface area (Å²) < 4.78 is 56.4. The average Bonchev–Trinajstić information content (AvgIpc) is 3.46. The van der Waals surface area contributed by atoms with E-state index in [4.69, 9.17) is 9.88 Å². The van der Waals surface area contributed by atoms with E-state index in [2.05, 4.69) is 15.3 Å². The zero-order valence-electron chi connectivity index (χ0n) is 22.0. The Morgan fingerprint density at radius 1 is 1.05 bits per heavy atom. The van der Waals surface area contributed by atoms with Gasteiger partial charge in [-0.15, -0.1) is 0 Å². The lowest BCUT2D eigenvalue weighted by Crippen LogP contribution is -2.36. The van der Waals surface area contributed by atoms with Crippen molar-refractivity contribution in [3.63, 3.8) is 0 Å². The molecule has 0 saturated carbocycles. The molecular weight excluding hydrogens is 553 g/mol. The number of anilines is 1. The van der Waals surface area contributed by atoms with Gasteiger partial charge in [0.25, 0.3) is 5.91 Å². The zero-order chi connectivity index (χ0) is 29.4. The Hall–Kier alpha value is -3.59. The number of pyridine rings is 2. The Morgan fingerprint density at radius 2 is 1.68 bits per heavy atom. The molecule has 4 rings (SSSR count). The summed E-state index contributed by atoms with van der Waals surface area (Å²) in [4.78, 5) is 49.3. The van der Waals surface area contributed by atoms with Crippen LogP contribution in [0.2, 0.25) is 0 Å². The lowest BCUT2D eigenvalue weighted by atomic mass is 9.95. The van der Waals surface area contributed by atoms with Crippen LogP contribution in [0.5, 0.6) is 0 Å². The first kappa shape index (κ1) is 29.4. The molecular formula is C25H29F3N6O5S. The highest BCUT2D eigenvalue weighted by Gasteiger charge is 2.44. The Labute approximate surface area is 230 Å². The fraction of sp³-hybridized carbons (Fsp3) is 0.480. The largest absolute Gasteiger partial charge is 0.443 e. The summed E-state index contributed by atoms with van der Waals surface area (Å²) in [5.41, 5.74) is -1.93. The number of halogens is 3. The highest BCUT2D eigenvalue weighted by atomic mass is 32.2. The number of alkyl halides is 3. The second kappa shape index (κ2) is 11.1. The Bertz CT molecular complexity index is 1320. The molecule has 11 nitrogen and oxygen atoms in total. The molecule has 2 fully saturated rings. The molecule has 216 valence electrons. The Kier molecular flexibility index (Phi) is 8.17. The van der Waals surface area contributed by atoms with E-state index in [1.54, 1.807) is 25.7 Å². The normalized spacial score (nSPS) is 19.8. The maximum absolute atomic E-state index is 13.2. The number of hydrogen-bond donors (Lipinski definition) is 2. The predicted octanol–water partition coefficient (Wildman–Crippen LogP) is 2.80. The molecule has 2 aliphatic rings. The second-order valence-electron chi connectivity index (χ2n) is 10.8. The van der Waals surface area contributed by atoms with E-state index in [1.807, 2.05) is 0 Å². The monoisotopic (exact) mass is 582 g/mol. The lowest BCUT2D eigenvalue weighted by molar-refractivity contribution is -0.137. The summed E-state index contributed by atoms with van der Waals surface area (Å²) in [7, 11) is -1.70. The van der Waals surface area contributed by atoms with Gasteiger partial charge in [-0.1, -0.05) is 20.8 Å². The van der Waals surface area contributed by atoms with Crippen LogP contribution in [0.3, 0.4) is 0 Å². The van der Waals surface area contributed by atoms with Gasteiger partial charge in [0.1, 0.15) is 29.0 Å². The fourth-order valence-corrected chi connectivity index (χ4v) is 4.86. The summed E-state index contributed by atoms with van der Waals surface area (Å²) in [6, 6.07) is 3.72. The lowest BCUT2D eigenvalue weighted by Gasteiger charge is -2.22. The molecule has 0 aromatic carbocycles. The van der Waals surface area contributed by atoms with Gasteiger partial charge in [-0.2, -0.15) is 13.2 Å². The van der Waals surface area contributed by atoms with Gasteiger partial charge in [0.2, 0.25) is 5.91 Å². The number of hydrogen-bond acceptors (Lipinski definition) is 7. The predicted molar refractivity (Wildman–Crippen MR) is 137 cm³/mol. The molecule has 15 heteroatoms. The highest BCUT2D eigenvalue weighted by molar-refractivity contribution is 7.82. The van der Waals surface area contributed by atoms with Crippen molar-refractivity contribution >= 4 is 34.6 Å². The molecule has 3 N–H and O–H groups in total. The van der Waals surface area contributed by atoms with Crippen molar-refractivity contribution in [3.05, 3.63) is 47.5 Å². The highest BCUT2D eigenvalue weighted by Crippen LogP contribution is 2.34. The minimum absolute atomic E-state index is 0.0122. The first-order valence-electron chi connectivity index (χ1n) is 12.3. The van der Waals surface area contributed by atoms with Crippen molar-refractivity contribution in [2.45, 2.75) is 38.4 Å². The number of aromatic nitrogens is 2. The summed E-state index contributed by atoms with van der Waals surface area (Å²) >= 11 is 0. The molecule has 0 aliphatic carbocycles. The van der Waals surface area contributed by atoms with Crippen LogP contribution in [-0.4, -0.2) is 68.1 Å². The van der Waals surface area contributed by atoms with Crippen molar-refractivity contribution in [2.75, 3.05) is 31.5 Å². The second-order valence-corrected chi connectivity index (χ2v) is 11.9. The third kappa shape index (κ3) is 6.58. The van der Waals surface area contributed by atoms with Crippen molar-refractivity contribution < 1.29 is 36.5 Å². The molecule has 0 spiro atoms. The molecule has 2 saturated heterocycles. The maximum Gasteiger partial charge on any atom is 0.417 e. The van der Waals surface area contributed by atoms with Gasteiger partial charge >= 0.3 is 12.3 Å². The van der Waals surface area contributed by atoms with E-state index in [1.165, 1.54) is 23.2 Å². The number of rotatable bonds is 5. The van der Waals surface area contributed by atoms with E-state index in [0.29, 0.717) is 37.3 Å². The number of likely N-dealkylation sites (tertiary alicyclic amines) is 2. The zero-order valence-corrected chi connectivity index (χ0v) is 22.8. The number of nitrogens with one attached hydrogen (secondary N) is 1. The summed E-state index contributed by atoms with van der Waals surface area (Å²) in [6.07, 6.45) is -3.42. The molecule has 3 amide bonds. The van der Waals surface area contributed by atoms with Crippen LogP contribution >= 0.6 is 0 Å². The number of carbonyl (C=O) groups is 3. The molecule has 4 heterocycles. The van der Waals surface area contributed by atoms with E-state index >= 15 is 0 Å². The van der Waals surface area contributed by atoms with Crippen molar-refractivity contribution in [1.82, 2.24) is 19.8 Å². The Morgan fingerprint density at radius 3 is 2.20 bits per heavy atom. The molecule has 2 unspecified atom stereocenters. The molecule has 0 bridgehead atoms.